The van der Waals surface area contributed by atoms with Crippen molar-refractivity contribution in [3.05, 3.63) is 29.8 Å². The van der Waals surface area contributed by atoms with Crippen LogP contribution in [0.1, 0.15) is 25.3 Å². The van der Waals surface area contributed by atoms with Gasteiger partial charge in [0.05, 0.1) is 19.6 Å². The van der Waals surface area contributed by atoms with Gasteiger partial charge in [0.15, 0.2) is 0 Å². The van der Waals surface area contributed by atoms with Crippen LogP contribution in [0.5, 0.6) is 5.75 Å². The number of amides is 1. The molecule has 1 amide bonds. The molecule has 1 aromatic rings. The Kier molecular flexibility index (Phi) is 6.43. The van der Waals surface area contributed by atoms with Gasteiger partial charge in [-0.3, -0.25) is 9.59 Å². The number of hydrogen-bond donors (Lipinski definition) is 1. The standard InChI is InChI=1S/C14H19NO4/c1-2-18-14(17)4-3-9-19-12-7-5-11(6-8-12)10-13(15)16/h5-8H,2-4,9-10H2,1H3,(H2,15,16). The molecule has 5 heteroatoms. The minimum Gasteiger partial charge on any atom is -0.494 e. The molecular weight excluding hydrogens is 246 g/mol. The zero-order valence-corrected chi connectivity index (χ0v) is 11.1. The van der Waals surface area contributed by atoms with Crippen LogP contribution >= 0.6 is 0 Å². The molecule has 0 aliphatic rings. The lowest BCUT2D eigenvalue weighted by molar-refractivity contribution is -0.143. The van der Waals surface area contributed by atoms with Crippen molar-refractivity contribution in [2.75, 3.05) is 13.2 Å². The Balaban J connectivity index is 2.26. The molecule has 0 aromatic heterocycles. The quantitative estimate of drug-likeness (QED) is 0.569. The zero-order chi connectivity index (χ0) is 14.1. The Labute approximate surface area is 112 Å². The summed E-state index contributed by atoms with van der Waals surface area (Å²) < 4.78 is 10.3. The maximum atomic E-state index is 11.1. The molecule has 0 saturated carbocycles. The smallest absolute Gasteiger partial charge is 0.305 e. The van der Waals surface area contributed by atoms with E-state index in [1.54, 1.807) is 31.2 Å². The van der Waals surface area contributed by atoms with Crippen molar-refractivity contribution in [3.63, 3.8) is 0 Å². The summed E-state index contributed by atoms with van der Waals surface area (Å²) in [6.45, 7) is 2.64. The van der Waals surface area contributed by atoms with Crippen LogP contribution in [0.3, 0.4) is 0 Å². The molecule has 0 atom stereocenters. The second kappa shape index (κ2) is 8.13. The van der Waals surface area contributed by atoms with Crippen LogP contribution in [0.2, 0.25) is 0 Å². The van der Waals surface area contributed by atoms with Gasteiger partial charge in [0, 0.05) is 6.42 Å². The van der Waals surface area contributed by atoms with Crippen LogP contribution in [0.4, 0.5) is 0 Å². The molecule has 5 nitrogen and oxygen atoms in total. The fraction of sp³-hybridized carbons (Fsp3) is 0.429. The first kappa shape index (κ1) is 15.0. The average molecular weight is 265 g/mol. The Hall–Kier alpha value is -2.04. The molecule has 0 saturated heterocycles. The van der Waals surface area contributed by atoms with Crippen LogP contribution < -0.4 is 10.5 Å². The van der Waals surface area contributed by atoms with Gasteiger partial charge in [-0.2, -0.15) is 0 Å². The number of esters is 1. The number of nitrogens with two attached hydrogens (primary N) is 1. The fourth-order valence-electron chi connectivity index (χ4n) is 1.54. The maximum absolute atomic E-state index is 11.1. The largest absolute Gasteiger partial charge is 0.494 e. The van der Waals surface area contributed by atoms with E-state index in [2.05, 4.69) is 0 Å². The van der Waals surface area contributed by atoms with Crippen molar-refractivity contribution < 1.29 is 19.1 Å². The van der Waals surface area contributed by atoms with E-state index in [0.717, 1.165) is 5.56 Å². The number of rotatable bonds is 8. The third-order valence-electron chi connectivity index (χ3n) is 2.40. The van der Waals surface area contributed by atoms with Crippen molar-refractivity contribution in [1.82, 2.24) is 0 Å². The highest BCUT2D eigenvalue weighted by Crippen LogP contribution is 2.13. The lowest BCUT2D eigenvalue weighted by atomic mass is 10.1. The van der Waals surface area contributed by atoms with E-state index in [1.807, 2.05) is 0 Å². The summed E-state index contributed by atoms with van der Waals surface area (Å²) >= 11 is 0. The van der Waals surface area contributed by atoms with Gasteiger partial charge in [-0.25, -0.2) is 0 Å². The number of carbonyl (C=O) groups is 2. The van der Waals surface area contributed by atoms with Gasteiger partial charge in [-0.1, -0.05) is 12.1 Å². The molecule has 0 fully saturated rings. The van der Waals surface area contributed by atoms with Crippen LogP contribution in [0.25, 0.3) is 0 Å². The number of carbonyl (C=O) groups excluding carboxylic acids is 2. The van der Waals surface area contributed by atoms with Crippen LogP contribution in [0, 0.1) is 0 Å². The number of ether oxygens (including phenoxy) is 2. The Morgan fingerprint density at radius 2 is 1.89 bits per heavy atom. The number of primary amides is 1. The van der Waals surface area contributed by atoms with Crippen molar-refractivity contribution in [2.24, 2.45) is 5.73 Å². The van der Waals surface area contributed by atoms with Crippen molar-refractivity contribution in [2.45, 2.75) is 26.2 Å². The van der Waals surface area contributed by atoms with Gasteiger partial charge in [0.25, 0.3) is 0 Å². The molecule has 1 aromatic carbocycles. The van der Waals surface area contributed by atoms with Crippen molar-refractivity contribution in [3.8, 4) is 5.75 Å². The monoisotopic (exact) mass is 265 g/mol. The topological polar surface area (TPSA) is 78.6 Å². The summed E-state index contributed by atoms with van der Waals surface area (Å²) in [6.07, 6.45) is 1.19. The predicted octanol–water partition coefficient (Wildman–Crippen LogP) is 1.44. The number of benzene rings is 1. The maximum Gasteiger partial charge on any atom is 0.305 e. The minimum atomic E-state index is -0.358. The zero-order valence-electron chi connectivity index (χ0n) is 11.1. The van der Waals surface area contributed by atoms with E-state index in [1.165, 1.54) is 0 Å². The molecule has 0 bridgehead atoms. The molecule has 0 aliphatic carbocycles. The van der Waals surface area contributed by atoms with Crippen LogP contribution in [-0.4, -0.2) is 25.1 Å². The highest BCUT2D eigenvalue weighted by atomic mass is 16.5. The summed E-state index contributed by atoms with van der Waals surface area (Å²) in [5.74, 6) is 0.142. The summed E-state index contributed by atoms with van der Waals surface area (Å²) in [5, 5.41) is 0. The highest BCUT2D eigenvalue weighted by Gasteiger charge is 2.02. The summed E-state index contributed by atoms with van der Waals surface area (Å²) in [7, 11) is 0. The molecule has 0 radical (unpaired) electrons. The van der Waals surface area contributed by atoms with Crippen molar-refractivity contribution in [1.29, 1.82) is 0 Å². The lowest BCUT2D eigenvalue weighted by Crippen LogP contribution is -2.13. The molecule has 0 unspecified atom stereocenters. The molecule has 0 heterocycles. The predicted molar refractivity (Wildman–Crippen MR) is 70.7 cm³/mol. The summed E-state index contributed by atoms with van der Waals surface area (Å²) in [6, 6.07) is 7.15. The van der Waals surface area contributed by atoms with E-state index in [9.17, 15) is 9.59 Å². The normalized spacial score (nSPS) is 9.95. The first-order chi connectivity index (χ1) is 9.11. The SMILES string of the molecule is CCOC(=O)CCCOc1ccc(CC(N)=O)cc1. The molecule has 104 valence electrons. The van der Waals surface area contributed by atoms with E-state index >= 15 is 0 Å². The van der Waals surface area contributed by atoms with E-state index in [-0.39, 0.29) is 18.3 Å². The summed E-state index contributed by atoms with van der Waals surface area (Å²) in [5.41, 5.74) is 5.95. The molecule has 19 heavy (non-hydrogen) atoms. The first-order valence-corrected chi connectivity index (χ1v) is 6.27. The molecule has 2 N–H and O–H groups in total. The Morgan fingerprint density at radius 1 is 1.21 bits per heavy atom. The van der Waals surface area contributed by atoms with Gasteiger partial charge < -0.3 is 15.2 Å². The minimum absolute atomic E-state index is 0.206. The van der Waals surface area contributed by atoms with Gasteiger partial charge in [0.1, 0.15) is 5.75 Å². The van der Waals surface area contributed by atoms with Gasteiger partial charge in [0.2, 0.25) is 5.91 Å². The lowest BCUT2D eigenvalue weighted by Gasteiger charge is -2.06. The van der Waals surface area contributed by atoms with Gasteiger partial charge >= 0.3 is 5.97 Å². The molecule has 0 spiro atoms. The van der Waals surface area contributed by atoms with Gasteiger partial charge in [-0.15, -0.1) is 0 Å². The van der Waals surface area contributed by atoms with Gasteiger partial charge in [-0.05, 0) is 31.0 Å². The highest BCUT2D eigenvalue weighted by molar-refractivity contribution is 5.76. The number of hydrogen-bond acceptors (Lipinski definition) is 4. The second-order valence-corrected chi connectivity index (χ2v) is 4.04. The summed E-state index contributed by atoms with van der Waals surface area (Å²) in [4.78, 5) is 21.8. The Morgan fingerprint density at radius 3 is 2.47 bits per heavy atom. The van der Waals surface area contributed by atoms with Crippen molar-refractivity contribution >= 4 is 11.9 Å². The van der Waals surface area contributed by atoms with E-state index in [0.29, 0.717) is 31.8 Å². The first-order valence-electron chi connectivity index (χ1n) is 6.27. The molecular formula is C14H19NO4. The third kappa shape index (κ3) is 6.45. The molecule has 1 rings (SSSR count). The third-order valence-corrected chi connectivity index (χ3v) is 2.40. The molecule has 0 aliphatic heterocycles. The Bertz CT molecular complexity index is 414. The van der Waals surface area contributed by atoms with E-state index < -0.39 is 0 Å². The average Bonchev–Trinajstić information content (AvgIpc) is 2.36. The fourth-order valence-corrected chi connectivity index (χ4v) is 1.54. The van der Waals surface area contributed by atoms with Crippen LogP contribution in [0.15, 0.2) is 24.3 Å². The second-order valence-electron chi connectivity index (χ2n) is 4.04. The van der Waals surface area contributed by atoms with E-state index in [4.69, 9.17) is 15.2 Å². The van der Waals surface area contributed by atoms with Crippen LogP contribution in [-0.2, 0) is 20.7 Å².